The van der Waals surface area contributed by atoms with Gasteiger partial charge in [0.1, 0.15) is 11.3 Å². The van der Waals surface area contributed by atoms with Gasteiger partial charge < -0.3 is 15.2 Å². The van der Waals surface area contributed by atoms with Crippen LogP contribution in [-0.2, 0) is 9.59 Å². The van der Waals surface area contributed by atoms with E-state index in [2.05, 4.69) is 21.2 Å². The van der Waals surface area contributed by atoms with Gasteiger partial charge in [-0.1, -0.05) is 22.0 Å². The lowest BCUT2D eigenvalue weighted by atomic mass is 9.77. The summed E-state index contributed by atoms with van der Waals surface area (Å²) in [5.41, 5.74) is -1.09. The summed E-state index contributed by atoms with van der Waals surface area (Å²) < 4.78 is 6.16. The zero-order chi connectivity index (χ0) is 13.9. The predicted molar refractivity (Wildman–Crippen MR) is 72.0 cm³/mol. The van der Waals surface area contributed by atoms with Crippen LogP contribution in [0.25, 0.3) is 0 Å². The van der Waals surface area contributed by atoms with Gasteiger partial charge in [0.15, 0.2) is 6.61 Å². The number of nitrogens with one attached hydrogen (secondary N) is 1. The Morgan fingerprint density at radius 1 is 1.42 bits per heavy atom. The fourth-order valence-corrected chi connectivity index (χ4v) is 2.31. The Balaban J connectivity index is 1.86. The summed E-state index contributed by atoms with van der Waals surface area (Å²) >= 11 is 3.30. The largest absolute Gasteiger partial charge is 0.484 e. The van der Waals surface area contributed by atoms with E-state index in [0.29, 0.717) is 18.6 Å². The zero-order valence-electron chi connectivity index (χ0n) is 10.2. The van der Waals surface area contributed by atoms with Crippen molar-refractivity contribution in [2.45, 2.75) is 24.8 Å². The smallest absolute Gasteiger partial charge is 0.329 e. The fourth-order valence-electron chi connectivity index (χ4n) is 1.93. The number of carbonyl (C=O) groups is 2. The second-order valence-electron chi connectivity index (χ2n) is 4.54. The molecule has 0 saturated heterocycles. The van der Waals surface area contributed by atoms with Crippen LogP contribution >= 0.6 is 15.9 Å². The number of carboxylic acids is 1. The topological polar surface area (TPSA) is 75.6 Å². The first-order chi connectivity index (χ1) is 9.02. The molecule has 19 heavy (non-hydrogen) atoms. The average Bonchev–Trinajstić information content (AvgIpc) is 2.31. The normalized spacial score (nSPS) is 16.3. The SMILES string of the molecule is O=C(COc1cccc(Br)c1)NC1(C(=O)O)CCC1. The van der Waals surface area contributed by atoms with Crippen LogP contribution in [0.5, 0.6) is 5.75 Å². The van der Waals surface area contributed by atoms with E-state index in [1.54, 1.807) is 18.2 Å². The Labute approximate surface area is 119 Å². The second kappa shape index (κ2) is 5.61. The van der Waals surface area contributed by atoms with Gasteiger partial charge in [-0.25, -0.2) is 4.79 Å². The highest BCUT2D eigenvalue weighted by Crippen LogP contribution is 2.31. The number of rotatable bonds is 5. The summed E-state index contributed by atoms with van der Waals surface area (Å²) in [5.74, 6) is -0.834. The van der Waals surface area contributed by atoms with Crippen LogP contribution in [0.2, 0.25) is 0 Å². The number of hydrogen-bond donors (Lipinski definition) is 2. The molecule has 2 N–H and O–H groups in total. The molecule has 0 aliphatic heterocycles. The summed E-state index contributed by atoms with van der Waals surface area (Å²) in [4.78, 5) is 22.8. The van der Waals surface area contributed by atoms with Crippen LogP contribution in [-0.4, -0.2) is 29.1 Å². The molecule has 0 unspecified atom stereocenters. The molecule has 1 aromatic carbocycles. The van der Waals surface area contributed by atoms with Gasteiger partial charge >= 0.3 is 5.97 Å². The number of aliphatic carboxylic acids is 1. The predicted octanol–water partition coefficient (Wildman–Crippen LogP) is 1.95. The summed E-state index contributed by atoms with van der Waals surface area (Å²) in [5, 5.41) is 11.6. The van der Waals surface area contributed by atoms with Crippen LogP contribution in [0, 0.1) is 0 Å². The molecule has 0 aromatic heterocycles. The van der Waals surface area contributed by atoms with Crippen molar-refractivity contribution in [1.29, 1.82) is 0 Å². The lowest BCUT2D eigenvalue weighted by molar-refractivity contribution is -0.152. The third kappa shape index (κ3) is 3.26. The number of carboxylic acid groups (broad SMARTS) is 1. The van der Waals surface area contributed by atoms with Crippen LogP contribution in [0.4, 0.5) is 0 Å². The maximum absolute atomic E-state index is 11.7. The number of benzene rings is 1. The van der Waals surface area contributed by atoms with Crippen molar-refractivity contribution < 1.29 is 19.4 Å². The van der Waals surface area contributed by atoms with E-state index in [1.807, 2.05) is 6.07 Å². The molecule has 1 saturated carbocycles. The Morgan fingerprint density at radius 2 is 2.16 bits per heavy atom. The third-order valence-corrected chi connectivity index (χ3v) is 3.65. The molecule has 1 aliphatic carbocycles. The highest BCUT2D eigenvalue weighted by atomic mass is 79.9. The first-order valence-electron chi connectivity index (χ1n) is 5.95. The molecule has 0 spiro atoms. The molecule has 102 valence electrons. The van der Waals surface area contributed by atoms with E-state index in [-0.39, 0.29) is 6.61 Å². The minimum atomic E-state index is -1.09. The molecule has 0 radical (unpaired) electrons. The number of carbonyl (C=O) groups excluding carboxylic acids is 1. The number of hydrogen-bond acceptors (Lipinski definition) is 3. The summed E-state index contributed by atoms with van der Waals surface area (Å²) in [6, 6.07) is 7.11. The van der Waals surface area contributed by atoms with Crippen LogP contribution in [0.3, 0.4) is 0 Å². The van der Waals surface area contributed by atoms with Crippen molar-refractivity contribution in [2.24, 2.45) is 0 Å². The summed E-state index contributed by atoms with van der Waals surface area (Å²) in [6.07, 6.45) is 1.77. The summed E-state index contributed by atoms with van der Waals surface area (Å²) in [7, 11) is 0. The molecule has 5 nitrogen and oxygen atoms in total. The number of amides is 1. The van der Waals surface area contributed by atoms with Crippen molar-refractivity contribution in [1.82, 2.24) is 5.32 Å². The van der Waals surface area contributed by atoms with Gasteiger partial charge in [-0.15, -0.1) is 0 Å². The molecule has 0 heterocycles. The minimum absolute atomic E-state index is 0.189. The zero-order valence-corrected chi connectivity index (χ0v) is 11.8. The van der Waals surface area contributed by atoms with Gasteiger partial charge in [0.2, 0.25) is 0 Å². The van der Waals surface area contributed by atoms with E-state index >= 15 is 0 Å². The minimum Gasteiger partial charge on any atom is -0.484 e. The molecule has 1 fully saturated rings. The van der Waals surface area contributed by atoms with Crippen molar-refractivity contribution in [2.75, 3.05) is 6.61 Å². The van der Waals surface area contributed by atoms with Gasteiger partial charge in [-0.05, 0) is 37.5 Å². The number of halogens is 1. The van der Waals surface area contributed by atoms with Crippen LogP contribution in [0.1, 0.15) is 19.3 Å². The molecule has 1 aliphatic rings. The molecule has 1 amide bonds. The fraction of sp³-hybridized carbons (Fsp3) is 0.385. The van der Waals surface area contributed by atoms with Gasteiger partial charge in [-0.2, -0.15) is 0 Å². The Hall–Kier alpha value is -1.56. The molecular formula is C13H14BrNO4. The van der Waals surface area contributed by atoms with Gasteiger partial charge in [-0.3, -0.25) is 4.79 Å². The molecule has 1 aromatic rings. The van der Waals surface area contributed by atoms with E-state index < -0.39 is 17.4 Å². The highest BCUT2D eigenvalue weighted by molar-refractivity contribution is 9.10. The quantitative estimate of drug-likeness (QED) is 0.866. The monoisotopic (exact) mass is 327 g/mol. The van der Waals surface area contributed by atoms with Gasteiger partial charge in [0.05, 0.1) is 0 Å². The number of ether oxygens (including phenoxy) is 1. The maximum atomic E-state index is 11.7. The highest BCUT2D eigenvalue weighted by Gasteiger charge is 2.45. The first kappa shape index (κ1) is 13.9. The van der Waals surface area contributed by atoms with Crippen molar-refractivity contribution in [3.63, 3.8) is 0 Å². The Bertz CT molecular complexity index is 499. The lowest BCUT2D eigenvalue weighted by Gasteiger charge is -2.38. The van der Waals surface area contributed by atoms with E-state index in [4.69, 9.17) is 9.84 Å². The molecule has 6 heteroatoms. The maximum Gasteiger partial charge on any atom is 0.329 e. The van der Waals surface area contributed by atoms with Crippen LogP contribution in [0.15, 0.2) is 28.7 Å². The Kier molecular flexibility index (Phi) is 4.09. The van der Waals surface area contributed by atoms with E-state index in [1.165, 1.54) is 0 Å². The van der Waals surface area contributed by atoms with E-state index in [9.17, 15) is 9.59 Å². The first-order valence-corrected chi connectivity index (χ1v) is 6.74. The van der Waals surface area contributed by atoms with Crippen LogP contribution < -0.4 is 10.1 Å². The molecular weight excluding hydrogens is 314 g/mol. The van der Waals surface area contributed by atoms with Gasteiger partial charge in [0, 0.05) is 4.47 Å². The van der Waals surface area contributed by atoms with E-state index in [0.717, 1.165) is 10.9 Å². The Morgan fingerprint density at radius 3 is 2.68 bits per heavy atom. The molecule has 0 bridgehead atoms. The lowest BCUT2D eigenvalue weighted by Crippen LogP contribution is -2.59. The third-order valence-electron chi connectivity index (χ3n) is 3.16. The van der Waals surface area contributed by atoms with Crippen molar-refractivity contribution in [3.8, 4) is 5.75 Å². The average molecular weight is 328 g/mol. The van der Waals surface area contributed by atoms with Gasteiger partial charge in [0.25, 0.3) is 5.91 Å². The standard InChI is InChI=1S/C13H14BrNO4/c14-9-3-1-4-10(7-9)19-8-11(16)15-13(12(17)18)5-2-6-13/h1,3-4,7H,2,5-6,8H2,(H,15,16)(H,17,18). The molecule has 0 atom stereocenters. The second-order valence-corrected chi connectivity index (χ2v) is 5.45. The van der Waals surface area contributed by atoms with Crippen molar-refractivity contribution >= 4 is 27.8 Å². The summed E-state index contributed by atoms with van der Waals surface area (Å²) in [6.45, 7) is -0.189. The molecule has 2 rings (SSSR count). The van der Waals surface area contributed by atoms with Crippen molar-refractivity contribution in [3.05, 3.63) is 28.7 Å².